The van der Waals surface area contributed by atoms with Gasteiger partial charge >= 0.3 is 11.9 Å². The first-order chi connectivity index (χ1) is 12.5. The fourth-order valence-electron chi connectivity index (χ4n) is 2.41. The monoisotopic (exact) mass is 355 g/mol. The molecule has 1 N–H and O–H groups in total. The Labute approximate surface area is 147 Å². The number of halogens is 1. The number of ether oxygens (including phenoxy) is 1. The molecule has 1 heterocycles. The lowest BCUT2D eigenvalue weighted by molar-refractivity contribution is -0.139. The van der Waals surface area contributed by atoms with Crippen LogP contribution < -0.4 is 0 Å². The second-order valence-corrected chi connectivity index (χ2v) is 5.48. The molecular formula is C19H14FNO5. The summed E-state index contributed by atoms with van der Waals surface area (Å²) in [5.41, 5.74) is 2.23. The van der Waals surface area contributed by atoms with Crippen LogP contribution >= 0.6 is 0 Å². The number of carboxylic acids is 1. The Morgan fingerprint density at radius 3 is 2.77 bits per heavy atom. The lowest BCUT2D eigenvalue weighted by Gasteiger charge is -1.99. The van der Waals surface area contributed by atoms with Crippen molar-refractivity contribution in [2.45, 2.75) is 6.42 Å². The smallest absolute Gasteiger partial charge is 0.328 e. The summed E-state index contributed by atoms with van der Waals surface area (Å²) in [6, 6.07) is 9.29. The molecule has 0 saturated heterocycles. The number of esters is 1. The van der Waals surface area contributed by atoms with Gasteiger partial charge in [-0.15, -0.1) is 0 Å². The van der Waals surface area contributed by atoms with E-state index in [-0.39, 0.29) is 23.8 Å². The lowest BCUT2D eigenvalue weighted by atomic mass is 10.1. The summed E-state index contributed by atoms with van der Waals surface area (Å²) in [6.45, 7) is 0. The van der Waals surface area contributed by atoms with Crippen molar-refractivity contribution in [2.24, 2.45) is 0 Å². The molecule has 0 fully saturated rings. The first kappa shape index (κ1) is 17.3. The SMILES string of the molecule is COC(=O)Cc1ccc2oc(-c3ccc(/C=C/C(=O)O)cc3F)nc2c1. The Bertz CT molecular complexity index is 1020. The third kappa shape index (κ3) is 3.77. The third-order valence-corrected chi connectivity index (χ3v) is 3.67. The normalized spacial score (nSPS) is 11.2. The average molecular weight is 355 g/mol. The second kappa shape index (κ2) is 7.18. The van der Waals surface area contributed by atoms with Gasteiger partial charge in [-0.25, -0.2) is 14.2 Å². The Kier molecular flexibility index (Phi) is 4.79. The first-order valence-electron chi connectivity index (χ1n) is 7.63. The van der Waals surface area contributed by atoms with Gasteiger partial charge in [-0.1, -0.05) is 12.1 Å². The van der Waals surface area contributed by atoms with Crippen LogP contribution in [-0.2, 0) is 20.7 Å². The lowest BCUT2D eigenvalue weighted by Crippen LogP contribution is -2.04. The number of nitrogens with zero attached hydrogens (tertiary/aromatic N) is 1. The minimum atomic E-state index is -1.11. The quantitative estimate of drug-likeness (QED) is 0.557. The molecule has 0 aliphatic heterocycles. The molecule has 7 heteroatoms. The van der Waals surface area contributed by atoms with Crippen LogP contribution in [0.4, 0.5) is 4.39 Å². The van der Waals surface area contributed by atoms with E-state index in [0.29, 0.717) is 22.2 Å². The summed E-state index contributed by atoms with van der Waals surface area (Å²) in [6.07, 6.45) is 2.32. The molecule has 0 bridgehead atoms. The molecule has 0 saturated carbocycles. The molecular weight excluding hydrogens is 341 g/mol. The van der Waals surface area contributed by atoms with Crippen molar-refractivity contribution < 1.29 is 28.2 Å². The molecule has 0 spiro atoms. The van der Waals surface area contributed by atoms with Crippen LogP contribution in [0.5, 0.6) is 0 Å². The van der Waals surface area contributed by atoms with E-state index in [1.54, 1.807) is 24.3 Å². The molecule has 0 unspecified atom stereocenters. The van der Waals surface area contributed by atoms with E-state index in [1.807, 2.05) is 0 Å². The van der Waals surface area contributed by atoms with Crippen LogP contribution in [0.25, 0.3) is 28.6 Å². The number of carbonyl (C=O) groups is 2. The highest BCUT2D eigenvalue weighted by Gasteiger charge is 2.14. The molecule has 0 aliphatic carbocycles. The number of carbonyl (C=O) groups excluding carboxylic acids is 1. The Morgan fingerprint density at radius 2 is 2.08 bits per heavy atom. The third-order valence-electron chi connectivity index (χ3n) is 3.67. The average Bonchev–Trinajstić information content (AvgIpc) is 3.02. The van der Waals surface area contributed by atoms with Crippen LogP contribution in [0.15, 0.2) is 46.9 Å². The number of carboxylic acid groups (broad SMARTS) is 1. The van der Waals surface area contributed by atoms with Gasteiger partial charge in [-0.3, -0.25) is 4.79 Å². The van der Waals surface area contributed by atoms with Crippen molar-refractivity contribution in [2.75, 3.05) is 7.11 Å². The highest BCUT2D eigenvalue weighted by atomic mass is 19.1. The second-order valence-electron chi connectivity index (χ2n) is 5.48. The minimum Gasteiger partial charge on any atom is -0.478 e. The number of hydrogen-bond acceptors (Lipinski definition) is 5. The van der Waals surface area contributed by atoms with E-state index in [9.17, 15) is 14.0 Å². The van der Waals surface area contributed by atoms with E-state index in [1.165, 1.54) is 25.3 Å². The number of aromatic nitrogens is 1. The number of rotatable bonds is 5. The van der Waals surface area contributed by atoms with Gasteiger partial charge in [0.25, 0.3) is 0 Å². The molecule has 0 atom stereocenters. The van der Waals surface area contributed by atoms with Gasteiger partial charge < -0.3 is 14.3 Å². The van der Waals surface area contributed by atoms with Gasteiger partial charge in [0, 0.05) is 6.08 Å². The predicted molar refractivity (Wildman–Crippen MR) is 91.8 cm³/mol. The molecule has 3 aromatic rings. The van der Waals surface area contributed by atoms with E-state index in [4.69, 9.17) is 9.52 Å². The molecule has 1 aromatic heterocycles. The molecule has 2 aromatic carbocycles. The van der Waals surface area contributed by atoms with Gasteiger partial charge in [0.2, 0.25) is 5.89 Å². The summed E-state index contributed by atoms with van der Waals surface area (Å²) < 4.78 is 24.6. The number of aliphatic carboxylic acids is 1. The summed E-state index contributed by atoms with van der Waals surface area (Å²) in [5.74, 6) is -1.97. The summed E-state index contributed by atoms with van der Waals surface area (Å²) in [7, 11) is 1.31. The van der Waals surface area contributed by atoms with Crippen molar-refractivity contribution in [3.8, 4) is 11.5 Å². The minimum absolute atomic E-state index is 0.0986. The van der Waals surface area contributed by atoms with E-state index < -0.39 is 11.8 Å². The van der Waals surface area contributed by atoms with E-state index in [2.05, 4.69) is 9.72 Å². The maximum absolute atomic E-state index is 14.3. The number of fused-ring (bicyclic) bond motifs is 1. The maximum Gasteiger partial charge on any atom is 0.328 e. The van der Waals surface area contributed by atoms with Crippen molar-refractivity contribution in [3.05, 3.63) is 59.4 Å². The molecule has 0 aliphatic rings. The summed E-state index contributed by atoms with van der Waals surface area (Å²) in [4.78, 5) is 26.2. The van der Waals surface area contributed by atoms with Gasteiger partial charge in [0.1, 0.15) is 11.3 Å². The molecule has 6 nitrogen and oxygen atoms in total. The molecule has 0 radical (unpaired) electrons. The van der Waals surface area contributed by atoms with Crippen LogP contribution in [0.2, 0.25) is 0 Å². The fourth-order valence-corrected chi connectivity index (χ4v) is 2.41. The Balaban J connectivity index is 1.92. The maximum atomic E-state index is 14.3. The topological polar surface area (TPSA) is 89.6 Å². The van der Waals surface area contributed by atoms with Gasteiger partial charge in [0.05, 0.1) is 19.1 Å². The van der Waals surface area contributed by atoms with Crippen LogP contribution in [0.3, 0.4) is 0 Å². The van der Waals surface area contributed by atoms with Crippen molar-refractivity contribution >= 4 is 29.1 Å². The number of oxazole rings is 1. The van der Waals surface area contributed by atoms with E-state index in [0.717, 1.165) is 6.08 Å². The van der Waals surface area contributed by atoms with Gasteiger partial charge in [0.15, 0.2) is 5.58 Å². The zero-order chi connectivity index (χ0) is 18.7. The fraction of sp³-hybridized carbons (Fsp3) is 0.105. The zero-order valence-electron chi connectivity index (χ0n) is 13.7. The predicted octanol–water partition coefficient (Wildman–Crippen LogP) is 3.45. The van der Waals surface area contributed by atoms with Crippen molar-refractivity contribution in [1.82, 2.24) is 4.98 Å². The molecule has 0 amide bonds. The zero-order valence-corrected chi connectivity index (χ0v) is 13.7. The van der Waals surface area contributed by atoms with E-state index >= 15 is 0 Å². The van der Waals surface area contributed by atoms with Crippen LogP contribution in [-0.4, -0.2) is 29.1 Å². The van der Waals surface area contributed by atoms with Crippen LogP contribution in [0.1, 0.15) is 11.1 Å². The number of methoxy groups -OCH3 is 1. The number of benzene rings is 2. The highest BCUT2D eigenvalue weighted by Crippen LogP contribution is 2.28. The highest BCUT2D eigenvalue weighted by molar-refractivity contribution is 5.85. The molecule has 132 valence electrons. The largest absolute Gasteiger partial charge is 0.478 e. The summed E-state index contributed by atoms with van der Waals surface area (Å²) >= 11 is 0. The first-order valence-corrected chi connectivity index (χ1v) is 7.63. The Morgan fingerprint density at radius 1 is 1.27 bits per heavy atom. The summed E-state index contributed by atoms with van der Waals surface area (Å²) in [5, 5.41) is 8.62. The van der Waals surface area contributed by atoms with Gasteiger partial charge in [-0.05, 0) is 41.5 Å². The molecule has 3 rings (SSSR count). The van der Waals surface area contributed by atoms with Crippen LogP contribution in [0, 0.1) is 5.82 Å². The molecule has 26 heavy (non-hydrogen) atoms. The van der Waals surface area contributed by atoms with Crippen molar-refractivity contribution in [3.63, 3.8) is 0 Å². The van der Waals surface area contributed by atoms with Crippen molar-refractivity contribution in [1.29, 1.82) is 0 Å². The number of hydrogen-bond donors (Lipinski definition) is 1. The Hall–Kier alpha value is -3.48. The standard InChI is InChI=1S/C19H14FNO5/c1-25-18(24)10-12-3-6-16-15(9-12)21-19(26-16)13-5-2-11(8-14(13)20)4-7-17(22)23/h2-9H,10H2,1H3,(H,22,23)/b7-4+. The van der Waals surface area contributed by atoms with Gasteiger partial charge in [-0.2, -0.15) is 0 Å².